The second kappa shape index (κ2) is 4.90. The summed E-state index contributed by atoms with van der Waals surface area (Å²) in [6, 6.07) is 4.14. The van der Waals surface area contributed by atoms with Gasteiger partial charge in [0, 0.05) is 11.5 Å². The minimum Gasteiger partial charge on any atom is -0.392 e. The summed E-state index contributed by atoms with van der Waals surface area (Å²) in [7, 11) is -3.75. The van der Waals surface area contributed by atoms with E-state index in [1.165, 1.54) is 18.2 Å². The summed E-state index contributed by atoms with van der Waals surface area (Å²) in [6.45, 7) is 3.63. The summed E-state index contributed by atoms with van der Waals surface area (Å²) < 4.78 is 27.1. The largest absolute Gasteiger partial charge is 0.392 e. The summed E-state index contributed by atoms with van der Waals surface area (Å²) >= 11 is 11.7. The molecule has 2 rings (SSSR count). The average Bonchev–Trinajstić information content (AvgIpc) is 2.32. The van der Waals surface area contributed by atoms with E-state index in [1.54, 1.807) is 0 Å². The van der Waals surface area contributed by atoms with E-state index < -0.39 is 21.5 Å². The van der Waals surface area contributed by atoms with E-state index in [9.17, 15) is 13.5 Å². The number of sulfonamides is 1. The summed E-state index contributed by atoms with van der Waals surface area (Å²) in [6.07, 6.45) is -0.111. The minimum atomic E-state index is -3.75. The van der Waals surface area contributed by atoms with E-state index >= 15 is 0 Å². The molecule has 2 unspecified atom stereocenters. The van der Waals surface area contributed by atoms with Crippen LogP contribution < -0.4 is 4.72 Å². The molecule has 1 saturated carbocycles. The van der Waals surface area contributed by atoms with E-state index in [2.05, 4.69) is 4.72 Å². The molecule has 2 N–H and O–H groups in total. The molecule has 0 heterocycles. The van der Waals surface area contributed by atoms with Crippen LogP contribution in [-0.2, 0) is 10.0 Å². The van der Waals surface area contributed by atoms with E-state index in [0.717, 1.165) is 0 Å². The van der Waals surface area contributed by atoms with Gasteiger partial charge >= 0.3 is 0 Å². The number of hydrogen-bond donors (Lipinski definition) is 2. The number of benzene rings is 1. The Bertz CT molecular complexity index is 601. The Hall–Kier alpha value is -0.330. The second-order valence-corrected chi connectivity index (χ2v) is 7.77. The highest BCUT2D eigenvalue weighted by molar-refractivity contribution is 7.89. The van der Waals surface area contributed by atoms with Gasteiger partial charge in [-0.25, -0.2) is 13.1 Å². The van der Waals surface area contributed by atoms with Crippen molar-refractivity contribution >= 4 is 33.2 Å². The number of aliphatic hydroxyl groups excluding tert-OH is 1. The van der Waals surface area contributed by atoms with Gasteiger partial charge in [0.05, 0.1) is 16.1 Å². The Morgan fingerprint density at radius 2 is 2.00 bits per heavy atom. The van der Waals surface area contributed by atoms with Gasteiger partial charge in [-0.1, -0.05) is 43.1 Å². The first kappa shape index (κ1) is 15.1. The predicted molar refractivity (Wildman–Crippen MR) is 75.0 cm³/mol. The van der Waals surface area contributed by atoms with Gasteiger partial charge in [0.2, 0.25) is 10.0 Å². The molecule has 1 aliphatic carbocycles. The fraction of sp³-hybridized carbons (Fsp3) is 0.500. The van der Waals surface area contributed by atoms with Crippen molar-refractivity contribution in [2.24, 2.45) is 5.41 Å². The van der Waals surface area contributed by atoms with E-state index in [1.807, 2.05) is 13.8 Å². The summed E-state index contributed by atoms with van der Waals surface area (Å²) in [5, 5.41) is 9.83. The Balaban J connectivity index is 2.27. The molecule has 0 bridgehead atoms. The van der Waals surface area contributed by atoms with Crippen LogP contribution in [0.2, 0.25) is 10.0 Å². The first-order valence-corrected chi connectivity index (χ1v) is 8.04. The van der Waals surface area contributed by atoms with Crippen LogP contribution in [-0.4, -0.2) is 25.7 Å². The van der Waals surface area contributed by atoms with Crippen molar-refractivity contribution in [1.29, 1.82) is 0 Å². The van der Waals surface area contributed by atoms with Crippen LogP contribution in [0.1, 0.15) is 20.3 Å². The van der Waals surface area contributed by atoms with Gasteiger partial charge in [0.1, 0.15) is 4.90 Å². The molecule has 4 nitrogen and oxygen atoms in total. The van der Waals surface area contributed by atoms with Crippen molar-refractivity contribution in [2.75, 3.05) is 0 Å². The molecule has 1 aromatic carbocycles. The fourth-order valence-corrected chi connectivity index (χ4v) is 4.21. The molecule has 1 aliphatic rings. The van der Waals surface area contributed by atoms with Crippen molar-refractivity contribution in [3.05, 3.63) is 28.2 Å². The van der Waals surface area contributed by atoms with Crippen molar-refractivity contribution in [2.45, 2.75) is 37.3 Å². The fourth-order valence-electron chi connectivity index (χ4n) is 2.04. The van der Waals surface area contributed by atoms with Gasteiger partial charge in [-0.2, -0.15) is 0 Å². The van der Waals surface area contributed by atoms with Crippen LogP contribution >= 0.6 is 23.2 Å². The summed E-state index contributed by atoms with van der Waals surface area (Å²) in [5.41, 5.74) is -0.488. The highest BCUT2D eigenvalue weighted by Gasteiger charge is 2.49. The first-order valence-electron chi connectivity index (χ1n) is 5.80. The average molecular weight is 324 g/mol. The summed E-state index contributed by atoms with van der Waals surface area (Å²) in [5.74, 6) is 0. The molecular formula is C12H15Cl2NO3S. The normalized spacial score (nSPS) is 25.9. The molecule has 19 heavy (non-hydrogen) atoms. The third-order valence-corrected chi connectivity index (χ3v) is 6.16. The zero-order chi connectivity index (χ0) is 14.4. The van der Waals surface area contributed by atoms with Crippen LogP contribution in [0.25, 0.3) is 0 Å². The molecule has 0 saturated heterocycles. The molecule has 1 fully saturated rings. The molecule has 0 aliphatic heterocycles. The number of halogens is 2. The highest BCUT2D eigenvalue weighted by Crippen LogP contribution is 2.41. The van der Waals surface area contributed by atoms with Gasteiger partial charge in [-0.05, 0) is 18.6 Å². The van der Waals surface area contributed by atoms with Crippen LogP contribution in [0.3, 0.4) is 0 Å². The van der Waals surface area contributed by atoms with Crippen LogP contribution in [0.5, 0.6) is 0 Å². The van der Waals surface area contributed by atoms with Crippen molar-refractivity contribution < 1.29 is 13.5 Å². The minimum absolute atomic E-state index is 0.00865. The standard InChI is InChI=1S/C12H15Cl2NO3S/c1-12(2)9(6-10(12)16)15-19(17,18)8-5-3-4-7(13)11(8)14/h3-5,9-10,15-16H,6H2,1-2H3. The molecule has 0 amide bonds. The van der Waals surface area contributed by atoms with Gasteiger partial charge < -0.3 is 5.11 Å². The maximum Gasteiger partial charge on any atom is 0.242 e. The summed E-state index contributed by atoms with van der Waals surface area (Å²) in [4.78, 5) is -0.0427. The monoisotopic (exact) mass is 323 g/mol. The highest BCUT2D eigenvalue weighted by atomic mass is 35.5. The maximum absolute atomic E-state index is 12.3. The quantitative estimate of drug-likeness (QED) is 0.897. The lowest BCUT2D eigenvalue weighted by Crippen LogP contribution is -2.61. The zero-order valence-electron chi connectivity index (χ0n) is 10.5. The van der Waals surface area contributed by atoms with Crippen molar-refractivity contribution in [3.8, 4) is 0 Å². The number of rotatable bonds is 3. The maximum atomic E-state index is 12.3. The van der Waals surface area contributed by atoms with Crippen LogP contribution in [0, 0.1) is 5.41 Å². The SMILES string of the molecule is CC1(C)C(O)CC1NS(=O)(=O)c1cccc(Cl)c1Cl. The Morgan fingerprint density at radius 3 is 2.53 bits per heavy atom. The van der Waals surface area contributed by atoms with Crippen LogP contribution in [0.4, 0.5) is 0 Å². The van der Waals surface area contributed by atoms with Gasteiger partial charge in [-0.3, -0.25) is 0 Å². The Kier molecular flexibility index (Phi) is 3.88. The zero-order valence-corrected chi connectivity index (χ0v) is 12.9. The second-order valence-electron chi connectivity index (χ2n) is 5.30. The molecule has 2 atom stereocenters. The Morgan fingerprint density at radius 1 is 1.37 bits per heavy atom. The van der Waals surface area contributed by atoms with Gasteiger partial charge in [0.15, 0.2) is 0 Å². The van der Waals surface area contributed by atoms with E-state index in [4.69, 9.17) is 23.2 Å². The topological polar surface area (TPSA) is 66.4 Å². The molecule has 7 heteroatoms. The van der Waals surface area contributed by atoms with E-state index in [0.29, 0.717) is 6.42 Å². The number of hydrogen-bond acceptors (Lipinski definition) is 3. The predicted octanol–water partition coefficient (Wildman–Crippen LogP) is 2.43. The third kappa shape index (κ3) is 2.62. The van der Waals surface area contributed by atoms with Gasteiger partial charge in [0.25, 0.3) is 0 Å². The van der Waals surface area contributed by atoms with Crippen LogP contribution in [0.15, 0.2) is 23.1 Å². The number of nitrogens with one attached hydrogen (secondary N) is 1. The lowest BCUT2D eigenvalue weighted by Gasteiger charge is -2.49. The third-order valence-electron chi connectivity index (χ3n) is 3.72. The molecule has 0 radical (unpaired) electrons. The van der Waals surface area contributed by atoms with Crippen molar-refractivity contribution in [1.82, 2.24) is 4.72 Å². The molecular weight excluding hydrogens is 309 g/mol. The molecule has 106 valence electrons. The number of aliphatic hydroxyl groups is 1. The smallest absolute Gasteiger partial charge is 0.242 e. The molecule has 0 spiro atoms. The lowest BCUT2D eigenvalue weighted by atomic mass is 9.65. The molecule has 0 aromatic heterocycles. The Labute approximate surface area is 122 Å². The van der Waals surface area contributed by atoms with Crippen molar-refractivity contribution in [3.63, 3.8) is 0 Å². The lowest BCUT2D eigenvalue weighted by molar-refractivity contribution is -0.0645. The molecule has 1 aromatic rings. The van der Waals surface area contributed by atoms with E-state index in [-0.39, 0.29) is 21.0 Å². The van der Waals surface area contributed by atoms with Gasteiger partial charge in [-0.15, -0.1) is 0 Å². The first-order chi connectivity index (χ1) is 8.66.